The Kier molecular flexibility index (Phi) is 4.66. The van der Waals surface area contributed by atoms with Gasteiger partial charge in [0.05, 0.1) is 11.3 Å². The Morgan fingerprint density at radius 2 is 2.11 bits per heavy atom. The number of thiazole rings is 1. The molecule has 7 nitrogen and oxygen atoms in total. The van der Waals surface area contributed by atoms with Crippen LogP contribution in [0.3, 0.4) is 0 Å². The molecule has 8 heteroatoms. The van der Waals surface area contributed by atoms with E-state index in [0.717, 1.165) is 6.42 Å². The lowest BCUT2D eigenvalue weighted by molar-refractivity contribution is -0.129. The maximum atomic E-state index is 13.5. The largest absolute Gasteiger partial charge is 0.307 e. The van der Waals surface area contributed by atoms with E-state index in [1.807, 2.05) is 0 Å². The molecule has 1 N–H and O–H groups in total. The van der Waals surface area contributed by atoms with Gasteiger partial charge in [0.2, 0.25) is 11.6 Å². The fourth-order valence-electron chi connectivity index (χ4n) is 3.96. The van der Waals surface area contributed by atoms with E-state index < -0.39 is 5.66 Å². The van der Waals surface area contributed by atoms with Crippen LogP contribution in [0.1, 0.15) is 43.5 Å². The summed E-state index contributed by atoms with van der Waals surface area (Å²) >= 11 is 1.30. The number of fused-ring (bicyclic) bond motifs is 3. The summed E-state index contributed by atoms with van der Waals surface area (Å²) < 4.78 is 0. The Labute approximate surface area is 167 Å². The summed E-state index contributed by atoms with van der Waals surface area (Å²) in [6, 6.07) is 7.02. The summed E-state index contributed by atoms with van der Waals surface area (Å²) in [5.74, 6) is -0.394. The van der Waals surface area contributed by atoms with Crippen LogP contribution in [0.4, 0.5) is 10.8 Å². The van der Waals surface area contributed by atoms with Gasteiger partial charge in [-0.2, -0.15) is 0 Å². The molecule has 2 aliphatic rings. The first kappa shape index (κ1) is 18.6. The van der Waals surface area contributed by atoms with Gasteiger partial charge < -0.3 is 4.90 Å². The van der Waals surface area contributed by atoms with E-state index in [4.69, 9.17) is 0 Å². The van der Waals surface area contributed by atoms with Crippen molar-refractivity contribution >= 4 is 39.9 Å². The van der Waals surface area contributed by atoms with E-state index in [0.29, 0.717) is 28.8 Å². The summed E-state index contributed by atoms with van der Waals surface area (Å²) in [4.78, 5) is 47.0. The van der Waals surface area contributed by atoms with E-state index in [1.165, 1.54) is 16.2 Å². The van der Waals surface area contributed by atoms with Crippen LogP contribution in [0, 0.1) is 5.92 Å². The van der Waals surface area contributed by atoms with Gasteiger partial charge in [0.1, 0.15) is 0 Å². The van der Waals surface area contributed by atoms with Crippen molar-refractivity contribution in [1.82, 2.24) is 9.88 Å². The topological polar surface area (TPSA) is 82.6 Å². The number of hydrogen-bond donors (Lipinski definition) is 1. The molecule has 3 heterocycles. The van der Waals surface area contributed by atoms with Crippen molar-refractivity contribution in [2.45, 2.75) is 38.8 Å². The monoisotopic (exact) mass is 398 g/mol. The molecule has 0 bridgehead atoms. The summed E-state index contributed by atoms with van der Waals surface area (Å²) in [5.41, 5.74) is -0.396. The second-order valence-corrected chi connectivity index (χ2v) is 8.39. The molecule has 0 spiro atoms. The number of carbonyl (C=O) groups is 3. The minimum atomic E-state index is -1.36. The van der Waals surface area contributed by atoms with Crippen molar-refractivity contribution in [2.75, 3.05) is 16.8 Å². The van der Waals surface area contributed by atoms with Crippen molar-refractivity contribution in [3.05, 3.63) is 41.4 Å². The number of para-hydroxylation sites is 1. The molecule has 28 heavy (non-hydrogen) atoms. The number of aromatic nitrogens is 1. The molecule has 1 saturated heterocycles. The van der Waals surface area contributed by atoms with E-state index in [1.54, 1.807) is 40.7 Å². The molecule has 0 unspecified atom stereocenters. The Morgan fingerprint density at radius 3 is 2.82 bits per heavy atom. The van der Waals surface area contributed by atoms with Crippen molar-refractivity contribution in [1.29, 1.82) is 0 Å². The highest BCUT2D eigenvalue weighted by Gasteiger charge is 2.60. The normalized spacial score (nSPS) is 21.1. The first-order valence-electron chi connectivity index (χ1n) is 9.40. The van der Waals surface area contributed by atoms with Gasteiger partial charge in [-0.05, 0) is 24.5 Å². The lowest BCUT2D eigenvalue weighted by Crippen LogP contribution is -2.69. The second kappa shape index (κ2) is 7.01. The van der Waals surface area contributed by atoms with Gasteiger partial charge in [0.25, 0.3) is 11.8 Å². The second-order valence-electron chi connectivity index (χ2n) is 7.49. The van der Waals surface area contributed by atoms with Crippen LogP contribution < -0.4 is 10.2 Å². The van der Waals surface area contributed by atoms with E-state index in [2.05, 4.69) is 24.1 Å². The first-order chi connectivity index (χ1) is 13.4. The average Bonchev–Trinajstić information content (AvgIpc) is 3.30. The van der Waals surface area contributed by atoms with Crippen molar-refractivity contribution < 1.29 is 14.4 Å². The van der Waals surface area contributed by atoms with Crippen LogP contribution in [-0.4, -0.2) is 39.8 Å². The third-order valence-electron chi connectivity index (χ3n) is 5.32. The molecule has 146 valence electrons. The SMILES string of the molecule is CC(C)CCN1C(=O)c2ccccc2N2C(=O)CC[C@@]12C(=O)Nc1nccs1. The number of nitrogens with zero attached hydrogens (tertiary/aromatic N) is 3. The molecule has 2 aromatic rings. The smallest absolute Gasteiger partial charge is 0.273 e. The highest BCUT2D eigenvalue weighted by atomic mass is 32.1. The fourth-order valence-corrected chi connectivity index (χ4v) is 4.48. The Bertz CT molecular complexity index is 927. The quantitative estimate of drug-likeness (QED) is 0.839. The molecule has 0 aliphatic carbocycles. The van der Waals surface area contributed by atoms with Gasteiger partial charge in [0.15, 0.2) is 5.13 Å². The Hall–Kier alpha value is -2.74. The van der Waals surface area contributed by atoms with Gasteiger partial charge in [-0.15, -0.1) is 11.3 Å². The van der Waals surface area contributed by atoms with Gasteiger partial charge in [-0.3, -0.25) is 24.6 Å². The summed E-state index contributed by atoms with van der Waals surface area (Å²) in [6.45, 7) is 4.55. The van der Waals surface area contributed by atoms with E-state index in [-0.39, 0.29) is 30.6 Å². The van der Waals surface area contributed by atoms with Gasteiger partial charge in [-0.25, -0.2) is 4.98 Å². The van der Waals surface area contributed by atoms with Crippen LogP contribution in [0.15, 0.2) is 35.8 Å². The molecule has 3 amide bonds. The molecular formula is C20H22N4O3S. The lowest BCUT2D eigenvalue weighted by Gasteiger charge is -2.49. The first-order valence-corrected chi connectivity index (χ1v) is 10.3. The predicted octanol–water partition coefficient (Wildman–Crippen LogP) is 3.11. The lowest BCUT2D eigenvalue weighted by atomic mass is 9.94. The predicted molar refractivity (Wildman–Crippen MR) is 107 cm³/mol. The Morgan fingerprint density at radius 1 is 1.32 bits per heavy atom. The molecular weight excluding hydrogens is 376 g/mol. The zero-order valence-corrected chi connectivity index (χ0v) is 16.7. The minimum absolute atomic E-state index is 0.149. The molecule has 1 atom stereocenters. The number of hydrogen-bond acceptors (Lipinski definition) is 5. The van der Waals surface area contributed by atoms with Crippen LogP contribution in [0.2, 0.25) is 0 Å². The zero-order chi connectivity index (χ0) is 19.9. The maximum absolute atomic E-state index is 13.5. The van der Waals surface area contributed by atoms with Gasteiger partial charge >= 0.3 is 0 Å². The van der Waals surface area contributed by atoms with Crippen LogP contribution in [-0.2, 0) is 9.59 Å². The Balaban J connectivity index is 1.83. The van der Waals surface area contributed by atoms with Gasteiger partial charge in [-0.1, -0.05) is 26.0 Å². The summed E-state index contributed by atoms with van der Waals surface area (Å²) in [6.07, 6.45) is 2.82. The highest BCUT2D eigenvalue weighted by Crippen LogP contribution is 2.45. The highest BCUT2D eigenvalue weighted by molar-refractivity contribution is 7.13. The molecule has 1 fully saturated rings. The number of rotatable bonds is 5. The zero-order valence-electron chi connectivity index (χ0n) is 15.8. The summed E-state index contributed by atoms with van der Waals surface area (Å²) in [5, 5.41) is 5.04. The summed E-state index contributed by atoms with van der Waals surface area (Å²) in [7, 11) is 0. The van der Waals surface area contributed by atoms with E-state index in [9.17, 15) is 14.4 Å². The van der Waals surface area contributed by atoms with Crippen LogP contribution in [0.5, 0.6) is 0 Å². The molecule has 4 rings (SSSR count). The van der Waals surface area contributed by atoms with Crippen molar-refractivity contribution in [2.24, 2.45) is 5.92 Å². The van der Waals surface area contributed by atoms with Gasteiger partial charge in [0, 0.05) is 31.0 Å². The van der Waals surface area contributed by atoms with Crippen LogP contribution >= 0.6 is 11.3 Å². The van der Waals surface area contributed by atoms with Crippen molar-refractivity contribution in [3.8, 4) is 0 Å². The third kappa shape index (κ3) is 2.79. The molecule has 1 aromatic heterocycles. The van der Waals surface area contributed by atoms with Crippen molar-refractivity contribution in [3.63, 3.8) is 0 Å². The number of benzene rings is 1. The standard InChI is InChI=1S/C20H22N4O3S/c1-13(2)8-11-23-17(26)14-5-3-4-6-15(14)24-16(25)7-9-20(23,24)18(27)22-19-21-10-12-28-19/h3-6,10,12-13H,7-9,11H2,1-2H3,(H,21,22,27)/t20-/m1/s1. The fraction of sp³-hybridized carbons (Fsp3) is 0.400. The number of nitrogens with one attached hydrogen (secondary N) is 1. The average molecular weight is 398 g/mol. The molecule has 0 radical (unpaired) electrons. The molecule has 1 aromatic carbocycles. The minimum Gasteiger partial charge on any atom is -0.307 e. The maximum Gasteiger partial charge on any atom is 0.273 e. The van der Waals surface area contributed by atoms with Crippen LogP contribution in [0.25, 0.3) is 0 Å². The number of carbonyl (C=O) groups excluding carboxylic acids is 3. The third-order valence-corrected chi connectivity index (χ3v) is 6.01. The van der Waals surface area contributed by atoms with E-state index >= 15 is 0 Å². The number of anilines is 2. The molecule has 2 aliphatic heterocycles. The number of amides is 3. The molecule has 0 saturated carbocycles.